The molecule has 0 heterocycles. The van der Waals surface area contributed by atoms with Crippen LogP contribution in [0.3, 0.4) is 0 Å². The van der Waals surface area contributed by atoms with Crippen LogP contribution in [-0.4, -0.2) is 0 Å². The minimum atomic E-state index is -0.0551. The largest absolute Gasteiger partial charge is 0.198 e. The molecule has 1 heteroatoms. The van der Waals surface area contributed by atoms with Crippen molar-refractivity contribution in [2.45, 2.75) is 128 Å². The Morgan fingerprint density at radius 2 is 1.19 bits per heavy atom. The summed E-state index contributed by atoms with van der Waals surface area (Å²) in [6.45, 7) is 4.51. The third kappa shape index (κ3) is 7.03. The maximum atomic E-state index is 9.71. The summed E-state index contributed by atoms with van der Waals surface area (Å²) in [5.41, 5.74) is 5.61. The van der Waals surface area contributed by atoms with Gasteiger partial charge >= 0.3 is 0 Å². The highest BCUT2D eigenvalue weighted by atomic mass is 14.4. The van der Waals surface area contributed by atoms with E-state index in [1.165, 1.54) is 80.9 Å². The number of nitriles is 1. The predicted molar refractivity (Wildman–Crippen MR) is 154 cm³/mol. The second-order valence-corrected chi connectivity index (χ2v) is 12.1. The molecule has 0 spiro atoms. The maximum Gasteiger partial charge on any atom is 0.0689 e. The lowest BCUT2D eigenvalue weighted by Crippen LogP contribution is -2.25. The topological polar surface area (TPSA) is 23.8 Å². The molecule has 2 aromatic rings. The van der Waals surface area contributed by atoms with Crippen molar-refractivity contribution in [3.63, 3.8) is 0 Å². The van der Waals surface area contributed by atoms with Gasteiger partial charge in [-0.3, -0.25) is 0 Å². The highest BCUT2D eigenvalue weighted by Gasteiger charge is 2.35. The van der Waals surface area contributed by atoms with Gasteiger partial charge in [0.05, 0.1) is 11.5 Å². The van der Waals surface area contributed by atoms with Crippen LogP contribution in [0.25, 0.3) is 11.1 Å². The molecule has 2 saturated carbocycles. The molecule has 0 unspecified atom stereocenters. The van der Waals surface area contributed by atoms with Crippen LogP contribution in [0.5, 0.6) is 0 Å². The lowest BCUT2D eigenvalue weighted by molar-refractivity contribution is 0.228. The summed E-state index contributed by atoms with van der Waals surface area (Å²) >= 11 is 0. The first-order chi connectivity index (χ1) is 17.7. The first-order valence-corrected chi connectivity index (χ1v) is 15.3. The van der Waals surface area contributed by atoms with Crippen LogP contribution in [0.2, 0.25) is 0 Å². The molecule has 4 rings (SSSR count). The van der Waals surface area contributed by atoms with Crippen molar-refractivity contribution in [1.82, 2.24) is 0 Å². The fourth-order valence-electron chi connectivity index (χ4n) is 7.12. The van der Waals surface area contributed by atoms with Crippen molar-refractivity contribution in [3.8, 4) is 17.2 Å². The second kappa shape index (κ2) is 13.5. The van der Waals surface area contributed by atoms with Gasteiger partial charge in [0, 0.05) is 0 Å². The average Bonchev–Trinajstić information content (AvgIpc) is 2.94. The van der Waals surface area contributed by atoms with E-state index in [1.54, 1.807) is 5.56 Å². The van der Waals surface area contributed by atoms with Crippen LogP contribution >= 0.6 is 0 Å². The van der Waals surface area contributed by atoms with Crippen molar-refractivity contribution in [2.24, 2.45) is 11.3 Å². The van der Waals surface area contributed by atoms with Gasteiger partial charge in [-0.05, 0) is 97.8 Å². The molecule has 2 aromatic carbocycles. The van der Waals surface area contributed by atoms with E-state index in [4.69, 9.17) is 0 Å². The molecule has 0 aromatic heterocycles. The Balaban J connectivity index is 1.26. The average molecular weight is 484 g/mol. The van der Waals surface area contributed by atoms with Crippen molar-refractivity contribution < 1.29 is 0 Å². The predicted octanol–water partition coefficient (Wildman–Crippen LogP) is 11.0. The normalized spacial score (nSPS) is 26.4. The number of hydrogen-bond acceptors (Lipinski definition) is 1. The second-order valence-electron chi connectivity index (χ2n) is 12.1. The quantitative estimate of drug-likeness (QED) is 0.291. The Kier molecular flexibility index (Phi) is 10.1. The Morgan fingerprint density at radius 3 is 1.69 bits per heavy atom. The molecule has 2 aliphatic carbocycles. The molecule has 0 N–H and O–H groups in total. The van der Waals surface area contributed by atoms with E-state index in [9.17, 15) is 5.26 Å². The number of hydrogen-bond donors (Lipinski definition) is 0. The zero-order valence-corrected chi connectivity index (χ0v) is 23.1. The summed E-state index contributed by atoms with van der Waals surface area (Å²) < 4.78 is 0. The highest BCUT2D eigenvalue weighted by molar-refractivity contribution is 5.64. The molecule has 36 heavy (non-hydrogen) atoms. The standard InChI is InChI=1S/C35H49N/c1-3-5-6-7-8-9-28-10-12-29(13-11-28)30-14-16-31(17-15-30)32-18-20-33(21-19-32)34-22-25-35(27-36,24-4-2)26-23-34/h14-21,28-29,34H,3-13,22-26H2,1-2H3. The monoisotopic (exact) mass is 483 g/mol. The van der Waals surface area contributed by atoms with Crippen LogP contribution in [0.1, 0.15) is 140 Å². The summed E-state index contributed by atoms with van der Waals surface area (Å²) in [6, 6.07) is 21.5. The van der Waals surface area contributed by atoms with Crippen LogP contribution in [0.4, 0.5) is 0 Å². The van der Waals surface area contributed by atoms with E-state index in [2.05, 4.69) is 68.4 Å². The molecule has 2 fully saturated rings. The lowest BCUT2D eigenvalue weighted by Gasteiger charge is -2.35. The zero-order chi connectivity index (χ0) is 25.2. The van der Waals surface area contributed by atoms with Gasteiger partial charge in [-0.25, -0.2) is 0 Å². The van der Waals surface area contributed by atoms with Gasteiger partial charge in [-0.2, -0.15) is 5.26 Å². The third-order valence-electron chi connectivity index (χ3n) is 9.57. The van der Waals surface area contributed by atoms with Crippen LogP contribution in [-0.2, 0) is 0 Å². The molecular weight excluding hydrogens is 434 g/mol. The molecule has 0 bridgehead atoms. The minimum absolute atomic E-state index is 0.0551. The van der Waals surface area contributed by atoms with Crippen molar-refractivity contribution in [2.75, 3.05) is 0 Å². The fraction of sp³-hybridized carbons (Fsp3) is 0.629. The van der Waals surface area contributed by atoms with Gasteiger partial charge in [0.1, 0.15) is 0 Å². The van der Waals surface area contributed by atoms with E-state index in [0.29, 0.717) is 5.92 Å². The number of benzene rings is 2. The first-order valence-electron chi connectivity index (χ1n) is 15.3. The smallest absolute Gasteiger partial charge is 0.0689 e. The summed E-state index contributed by atoms with van der Waals surface area (Å²) in [4.78, 5) is 0. The molecule has 194 valence electrons. The number of unbranched alkanes of at least 4 members (excludes halogenated alkanes) is 4. The summed E-state index contributed by atoms with van der Waals surface area (Å²) in [5, 5.41) is 9.71. The first kappa shape index (κ1) is 27.0. The van der Waals surface area contributed by atoms with E-state index in [1.807, 2.05) is 0 Å². The number of nitrogens with zero attached hydrogens (tertiary/aromatic N) is 1. The third-order valence-corrected chi connectivity index (χ3v) is 9.57. The molecular formula is C35H49N. The summed E-state index contributed by atoms with van der Waals surface area (Å²) in [6.07, 6.45) is 20.8. The Morgan fingerprint density at radius 1 is 0.667 bits per heavy atom. The number of rotatable bonds is 11. The van der Waals surface area contributed by atoms with Crippen molar-refractivity contribution >= 4 is 0 Å². The molecule has 0 atom stereocenters. The van der Waals surface area contributed by atoms with Crippen molar-refractivity contribution in [1.29, 1.82) is 5.26 Å². The Hall–Kier alpha value is -2.07. The minimum Gasteiger partial charge on any atom is -0.198 e. The lowest BCUT2D eigenvalue weighted by atomic mass is 9.68. The Bertz CT molecular complexity index is 932. The summed E-state index contributed by atoms with van der Waals surface area (Å²) in [7, 11) is 0. The molecule has 0 saturated heterocycles. The molecule has 0 amide bonds. The summed E-state index contributed by atoms with van der Waals surface area (Å²) in [5.74, 6) is 2.36. The van der Waals surface area contributed by atoms with Crippen LogP contribution < -0.4 is 0 Å². The molecule has 0 radical (unpaired) electrons. The SMILES string of the molecule is CCCCCCCC1CCC(c2ccc(-c3ccc(C4CCC(C#N)(CCC)CC4)cc3)cc2)CC1. The zero-order valence-electron chi connectivity index (χ0n) is 23.1. The highest BCUT2D eigenvalue weighted by Crippen LogP contribution is 2.45. The fourth-order valence-corrected chi connectivity index (χ4v) is 7.12. The van der Waals surface area contributed by atoms with Gasteiger partial charge in [0.2, 0.25) is 0 Å². The van der Waals surface area contributed by atoms with Crippen LogP contribution in [0, 0.1) is 22.7 Å². The van der Waals surface area contributed by atoms with Gasteiger partial charge in [0.15, 0.2) is 0 Å². The van der Waals surface area contributed by atoms with Crippen molar-refractivity contribution in [3.05, 3.63) is 59.7 Å². The van der Waals surface area contributed by atoms with E-state index in [-0.39, 0.29) is 5.41 Å². The van der Waals surface area contributed by atoms with Gasteiger partial charge in [-0.1, -0.05) is 107 Å². The van der Waals surface area contributed by atoms with Gasteiger partial charge in [0.25, 0.3) is 0 Å². The van der Waals surface area contributed by atoms with Crippen LogP contribution in [0.15, 0.2) is 48.5 Å². The van der Waals surface area contributed by atoms with E-state index < -0.39 is 0 Å². The molecule has 0 aliphatic heterocycles. The van der Waals surface area contributed by atoms with Gasteiger partial charge < -0.3 is 0 Å². The Labute approximate surface area is 221 Å². The molecule has 1 nitrogen and oxygen atoms in total. The van der Waals surface area contributed by atoms with Gasteiger partial charge in [-0.15, -0.1) is 0 Å². The van der Waals surface area contributed by atoms with E-state index >= 15 is 0 Å². The molecule has 2 aliphatic rings. The maximum absolute atomic E-state index is 9.71. The van der Waals surface area contributed by atoms with E-state index in [0.717, 1.165) is 50.4 Å².